The average molecular weight is 339 g/mol. The molecule has 2 aromatic rings. The molecule has 0 saturated heterocycles. The Kier molecular flexibility index (Phi) is 5.52. The van der Waals surface area contributed by atoms with Crippen LogP contribution in [0.2, 0.25) is 10.0 Å². The van der Waals surface area contributed by atoms with Crippen molar-refractivity contribution in [3.8, 4) is 5.75 Å². The van der Waals surface area contributed by atoms with Crippen LogP contribution in [0.4, 0.5) is 11.4 Å². The fraction of sp³-hybridized carbons (Fsp3) is 0.188. The summed E-state index contributed by atoms with van der Waals surface area (Å²) in [4.78, 5) is 12.2. The Morgan fingerprint density at radius 2 is 1.86 bits per heavy atom. The van der Waals surface area contributed by atoms with Gasteiger partial charge in [0.1, 0.15) is 11.8 Å². The molecule has 0 heterocycles. The Bertz CT molecular complexity index is 677. The van der Waals surface area contributed by atoms with Crippen molar-refractivity contribution in [1.82, 2.24) is 0 Å². The SMILES string of the molecule is COc1ccc(NC(C)C(=O)Nc2ccccc2Cl)cc1Cl. The summed E-state index contributed by atoms with van der Waals surface area (Å²) in [6, 6.07) is 11.9. The number of anilines is 2. The first-order chi connectivity index (χ1) is 10.5. The Morgan fingerprint density at radius 1 is 1.14 bits per heavy atom. The number of methoxy groups -OCH3 is 1. The number of para-hydroxylation sites is 1. The maximum Gasteiger partial charge on any atom is 0.246 e. The lowest BCUT2D eigenvalue weighted by atomic mass is 10.2. The average Bonchev–Trinajstić information content (AvgIpc) is 2.49. The molecule has 6 heteroatoms. The van der Waals surface area contributed by atoms with Gasteiger partial charge in [-0.2, -0.15) is 0 Å². The third kappa shape index (κ3) is 4.06. The van der Waals surface area contributed by atoms with E-state index in [1.54, 1.807) is 50.4 Å². The van der Waals surface area contributed by atoms with Crippen molar-refractivity contribution in [2.75, 3.05) is 17.7 Å². The smallest absolute Gasteiger partial charge is 0.246 e. The molecule has 0 saturated carbocycles. The molecule has 22 heavy (non-hydrogen) atoms. The molecule has 2 N–H and O–H groups in total. The third-order valence-electron chi connectivity index (χ3n) is 3.06. The van der Waals surface area contributed by atoms with Crippen LogP contribution in [0.5, 0.6) is 5.75 Å². The predicted molar refractivity (Wildman–Crippen MR) is 91.2 cm³/mol. The van der Waals surface area contributed by atoms with E-state index in [2.05, 4.69) is 10.6 Å². The van der Waals surface area contributed by atoms with E-state index in [1.165, 1.54) is 0 Å². The maximum absolute atomic E-state index is 12.2. The van der Waals surface area contributed by atoms with Crippen molar-refractivity contribution in [3.05, 3.63) is 52.5 Å². The zero-order valence-electron chi connectivity index (χ0n) is 12.2. The summed E-state index contributed by atoms with van der Waals surface area (Å²) in [5.74, 6) is 0.389. The molecule has 2 rings (SSSR count). The molecule has 116 valence electrons. The minimum absolute atomic E-state index is 0.194. The van der Waals surface area contributed by atoms with E-state index in [4.69, 9.17) is 27.9 Å². The molecule has 0 fully saturated rings. The fourth-order valence-corrected chi connectivity index (χ4v) is 2.32. The highest BCUT2D eigenvalue weighted by atomic mass is 35.5. The van der Waals surface area contributed by atoms with Crippen LogP contribution in [-0.2, 0) is 4.79 Å². The predicted octanol–water partition coefficient (Wildman–Crippen LogP) is 4.44. The van der Waals surface area contributed by atoms with E-state index >= 15 is 0 Å². The number of carbonyl (C=O) groups excluding carboxylic acids is 1. The molecule has 0 radical (unpaired) electrons. The van der Waals surface area contributed by atoms with Crippen LogP contribution in [0.1, 0.15) is 6.92 Å². The highest BCUT2D eigenvalue weighted by Gasteiger charge is 2.14. The van der Waals surface area contributed by atoms with Crippen LogP contribution in [0, 0.1) is 0 Å². The minimum atomic E-state index is -0.458. The number of rotatable bonds is 5. The number of hydrogen-bond donors (Lipinski definition) is 2. The topological polar surface area (TPSA) is 50.4 Å². The number of hydrogen-bond acceptors (Lipinski definition) is 3. The number of halogens is 2. The van der Waals surface area contributed by atoms with Crippen molar-refractivity contribution in [1.29, 1.82) is 0 Å². The Morgan fingerprint density at radius 3 is 2.50 bits per heavy atom. The summed E-state index contributed by atoms with van der Waals surface area (Å²) < 4.78 is 5.09. The van der Waals surface area contributed by atoms with Gasteiger partial charge >= 0.3 is 0 Å². The van der Waals surface area contributed by atoms with Crippen molar-refractivity contribution < 1.29 is 9.53 Å². The second-order valence-electron chi connectivity index (χ2n) is 4.68. The second-order valence-corrected chi connectivity index (χ2v) is 5.50. The van der Waals surface area contributed by atoms with Gasteiger partial charge < -0.3 is 15.4 Å². The van der Waals surface area contributed by atoms with Crippen LogP contribution in [0.25, 0.3) is 0 Å². The molecule has 0 spiro atoms. The van der Waals surface area contributed by atoms with Gasteiger partial charge in [-0.25, -0.2) is 0 Å². The first-order valence-corrected chi connectivity index (χ1v) is 7.42. The largest absolute Gasteiger partial charge is 0.495 e. The Balaban J connectivity index is 2.02. The Labute approximate surface area is 139 Å². The van der Waals surface area contributed by atoms with Gasteiger partial charge in [0.15, 0.2) is 0 Å². The summed E-state index contributed by atoms with van der Waals surface area (Å²) in [6.07, 6.45) is 0. The van der Waals surface area contributed by atoms with Crippen molar-refractivity contribution in [3.63, 3.8) is 0 Å². The summed E-state index contributed by atoms with van der Waals surface area (Å²) in [5, 5.41) is 6.83. The molecule has 1 amide bonds. The number of nitrogens with one attached hydrogen (secondary N) is 2. The fourth-order valence-electron chi connectivity index (χ4n) is 1.88. The Hall–Kier alpha value is -1.91. The number of amides is 1. The lowest BCUT2D eigenvalue weighted by Crippen LogP contribution is -2.31. The molecule has 0 aliphatic rings. The number of carbonyl (C=O) groups is 1. The lowest BCUT2D eigenvalue weighted by Gasteiger charge is -2.16. The summed E-state index contributed by atoms with van der Waals surface area (Å²) >= 11 is 12.1. The van der Waals surface area contributed by atoms with Crippen molar-refractivity contribution in [2.24, 2.45) is 0 Å². The molecule has 4 nitrogen and oxygen atoms in total. The zero-order valence-corrected chi connectivity index (χ0v) is 13.7. The van der Waals surface area contributed by atoms with Crippen LogP contribution in [0.15, 0.2) is 42.5 Å². The standard InChI is InChI=1S/C16H16Cl2N2O2/c1-10(16(21)20-14-6-4-3-5-12(14)17)19-11-7-8-15(22-2)13(18)9-11/h3-10,19H,1-2H3,(H,20,21). The monoisotopic (exact) mass is 338 g/mol. The van der Waals surface area contributed by atoms with E-state index < -0.39 is 6.04 Å². The van der Waals surface area contributed by atoms with Crippen LogP contribution in [-0.4, -0.2) is 19.1 Å². The van der Waals surface area contributed by atoms with Crippen LogP contribution in [0.3, 0.4) is 0 Å². The van der Waals surface area contributed by atoms with Gasteiger partial charge in [-0.3, -0.25) is 4.79 Å². The maximum atomic E-state index is 12.2. The van der Waals surface area contributed by atoms with Gasteiger partial charge in [-0.1, -0.05) is 35.3 Å². The van der Waals surface area contributed by atoms with Gasteiger partial charge in [0.2, 0.25) is 5.91 Å². The third-order valence-corrected chi connectivity index (χ3v) is 3.68. The molecule has 1 unspecified atom stereocenters. The first-order valence-electron chi connectivity index (χ1n) is 6.66. The normalized spacial score (nSPS) is 11.6. The molecule has 1 atom stereocenters. The number of ether oxygens (including phenoxy) is 1. The summed E-state index contributed by atoms with van der Waals surface area (Å²) in [6.45, 7) is 1.75. The minimum Gasteiger partial charge on any atom is -0.495 e. The van der Waals surface area contributed by atoms with Gasteiger partial charge in [-0.05, 0) is 37.3 Å². The number of benzene rings is 2. The molecule has 0 bridgehead atoms. The quantitative estimate of drug-likeness (QED) is 0.847. The van der Waals surface area contributed by atoms with E-state index in [0.29, 0.717) is 21.5 Å². The summed E-state index contributed by atoms with van der Waals surface area (Å²) in [7, 11) is 1.55. The first kappa shape index (κ1) is 16.5. The van der Waals surface area contributed by atoms with E-state index in [-0.39, 0.29) is 5.91 Å². The van der Waals surface area contributed by atoms with Gasteiger partial charge in [0, 0.05) is 5.69 Å². The molecular weight excluding hydrogens is 323 g/mol. The van der Waals surface area contributed by atoms with Gasteiger partial charge in [0.25, 0.3) is 0 Å². The van der Waals surface area contributed by atoms with Crippen molar-refractivity contribution >= 4 is 40.5 Å². The van der Waals surface area contributed by atoms with Gasteiger partial charge in [-0.15, -0.1) is 0 Å². The van der Waals surface area contributed by atoms with E-state index in [0.717, 1.165) is 5.69 Å². The summed E-state index contributed by atoms with van der Waals surface area (Å²) in [5.41, 5.74) is 1.31. The molecule has 0 aromatic heterocycles. The molecule has 0 aliphatic heterocycles. The zero-order chi connectivity index (χ0) is 16.1. The highest BCUT2D eigenvalue weighted by Crippen LogP contribution is 2.27. The molecule has 0 aliphatic carbocycles. The molecular formula is C16H16Cl2N2O2. The van der Waals surface area contributed by atoms with Crippen LogP contribution < -0.4 is 15.4 Å². The van der Waals surface area contributed by atoms with E-state index in [9.17, 15) is 4.79 Å². The second kappa shape index (κ2) is 7.38. The van der Waals surface area contributed by atoms with E-state index in [1.807, 2.05) is 6.07 Å². The highest BCUT2D eigenvalue weighted by molar-refractivity contribution is 6.33. The molecule has 2 aromatic carbocycles. The van der Waals surface area contributed by atoms with Crippen molar-refractivity contribution in [2.45, 2.75) is 13.0 Å². The lowest BCUT2D eigenvalue weighted by molar-refractivity contribution is -0.116. The van der Waals surface area contributed by atoms with Gasteiger partial charge in [0.05, 0.1) is 22.8 Å². The van der Waals surface area contributed by atoms with Crippen LogP contribution >= 0.6 is 23.2 Å².